The van der Waals surface area contributed by atoms with Crippen molar-refractivity contribution in [2.75, 3.05) is 7.11 Å². The van der Waals surface area contributed by atoms with Crippen LogP contribution in [-0.2, 0) is 18.3 Å². The third-order valence-electron chi connectivity index (χ3n) is 3.28. The van der Waals surface area contributed by atoms with Crippen LogP contribution in [0.5, 0.6) is 5.75 Å². The van der Waals surface area contributed by atoms with E-state index >= 15 is 0 Å². The number of benzene rings is 1. The molecule has 0 aliphatic rings. The van der Waals surface area contributed by atoms with Crippen molar-refractivity contribution < 1.29 is 23.0 Å². The number of alkyl halides is 3. The van der Waals surface area contributed by atoms with Crippen molar-refractivity contribution >= 4 is 15.9 Å². The molecule has 2 aromatic rings. The van der Waals surface area contributed by atoms with Crippen molar-refractivity contribution in [3.05, 3.63) is 45.7 Å². The molecule has 1 N–H and O–H groups in total. The Kier molecular flexibility index (Phi) is 4.77. The van der Waals surface area contributed by atoms with Gasteiger partial charge in [0.15, 0.2) is 0 Å². The van der Waals surface area contributed by atoms with Gasteiger partial charge in [-0.15, -0.1) is 0 Å². The molecule has 126 valence electrons. The highest BCUT2D eigenvalue weighted by molar-refractivity contribution is 9.10. The minimum Gasteiger partial charge on any atom is -0.497 e. The van der Waals surface area contributed by atoms with E-state index in [9.17, 15) is 18.3 Å². The van der Waals surface area contributed by atoms with Gasteiger partial charge in [-0.2, -0.15) is 18.3 Å². The molecule has 1 heterocycles. The molecule has 0 saturated heterocycles. The SMILES string of the molecule is COc1ccc(Cn2nc(Br)c(C(C)(C)O)c2C(F)(F)F)cc1. The lowest BCUT2D eigenvalue weighted by Crippen LogP contribution is -2.24. The van der Waals surface area contributed by atoms with Crippen molar-refractivity contribution in [2.24, 2.45) is 0 Å². The molecule has 0 radical (unpaired) electrons. The van der Waals surface area contributed by atoms with E-state index in [0.29, 0.717) is 11.3 Å². The van der Waals surface area contributed by atoms with Crippen LogP contribution in [0.25, 0.3) is 0 Å². The number of aliphatic hydroxyl groups is 1. The molecule has 23 heavy (non-hydrogen) atoms. The Hall–Kier alpha value is -1.54. The van der Waals surface area contributed by atoms with Crippen molar-refractivity contribution in [2.45, 2.75) is 32.2 Å². The summed E-state index contributed by atoms with van der Waals surface area (Å²) in [7, 11) is 1.51. The van der Waals surface area contributed by atoms with E-state index in [1.807, 2.05) is 0 Å². The van der Waals surface area contributed by atoms with Crippen molar-refractivity contribution in [1.29, 1.82) is 0 Å². The largest absolute Gasteiger partial charge is 0.497 e. The lowest BCUT2D eigenvalue weighted by atomic mass is 9.98. The van der Waals surface area contributed by atoms with E-state index in [-0.39, 0.29) is 16.7 Å². The molecule has 0 fully saturated rings. The van der Waals surface area contributed by atoms with Gasteiger partial charge in [-0.1, -0.05) is 12.1 Å². The summed E-state index contributed by atoms with van der Waals surface area (Å²) in [5.41, 5.74) is -2.29. The van der Waals surface area contributed by atoms with Gasteiger partial charge in [0, 0.05) is 5.56 Å². The first kappa shape index (κ1) is 17.8. The van der Waals surface area contributed by atoms with E-state index in [0.717, 1.165) is 4.68 Å². The zero-order valence-electron chi connectivity index (χ0n) is 12.8. The maximum atomic E-state index is 13.5. The van der Waals surface area contributed by atoms with Crippen LogP contribution in [0.15, 0.2) is 28.9 Å². The molecule has 0 bridgehead atoms. The highest BCUT2D eigenvalue weighted by Gasteiger charge is 2.43. The number of methoxy groups -OCH3 is 1. The van der Waals surface area contributed by atoms with E-state index in [2.05, 4.69) is 21.0 Å². The highest BCUT2D eigenvalue weighted by Crippen LogP contribution is 2.40. The number of ether oxygens (including phenoxy) is 1. The van der Waals surface area contributed by atoms with Crippen LogP contribution >= 0.6 is 15.9 Å². The summed E-state index contributed by atoms with van der Waals surface area (Å²) in [6, 6.07) is 6.66. The number of nitrogens with zero attached hydrogens (tertiary/aromatic N) is 2. The summed E-state index contributed by atoms with van der Waals surface area (Å²) in [6.45, 7) is 2.51. The topological polar surface area (TPSA) is 47.3 Å². The molecule has 0 saturated carbocycles. The first-order chi connectivity index (χ1) is 10.5. The summed E-state index contributed by atoms with van der Waals surface area (Å²) in [6.07, 6.45) is -4.64. The Labute approximate surface area is 140 Å². The van der Waals surface area contributed by atoms with Crippen molar-refractivity contribution in [3.63, 3.8) is 0 Å². The second-order valence-electron chi connectivity index (χ2n) is 5.58. The maximum Gasteiger partial charge on any atom is 0.433 e. The van der Waals surface area contributed by atoms with E-state index in [1.54, 1.807) is 24.3 Å². The van der Waals surface area contributed by atoms with Gasteiger partial charge >= 0.3 is 6.18 Å². The van der Waals surface area contributed by atoms with Gasteiger partial charge in [0.25, 0.3) is 0 Å². The van der Waals surface area contributed by atoms with Crippen molar-refractivity contribution in [3.8, 4) is 5.75 Å². The fourth-order valence-electron chi connectivity index (χ4n) is 2.28. The Bertz CT molecular complexity index is 688. The van der Waals surface area contributed by atoms with Gasteiger partial charge < -0.3 is 9.84 Å². The summed E-state index contributed by atoms with van der Waals surface area (Å²) in [5.74, 6) is 0.614. The van der Waals surface area contributed by atoms with Gasteiger partial charge in [0.1, 0.15) is 16.0 Å². The number of hydrogen-bond acceptors (Lipinski definition) is 3. The van der Waals surface area contributed by atoms with Crippen LogP contribution in [-0.4, -0.2) is 22.0 Å². The Morgan fingerprint density at radius 2 is 1.78 bits per heavy atom. The lowest BCUT2D eigenvalue weighted by molar-refractivity contribution is -0.146. The number of rotatable bonds is 4. The third-order valence-corrected chi connectivity index (χ3v) is 3.84. The Morgan fingerprint density at radius 3 is 2.22 bits per heavy atom. The average Bonchev–Trinajstić information content (AvgIpc) is 2.76. The molecule has 8 heteroatoms. The van der Waals surface area contributed by atoms with Crippen LogP contribution in [0.3, 0.4) is 0 Å². The molecule has 0 atom stereocenters. The van der Waals surface area contributed by atoms with E-state index < -0.39 is 17.5 Å². The predicted molar refractivity (Wildman–Crippen MR) is 82.3 cm³/mol. The Morgan fingerprint density at radius 1 is 1.22 bits per heavy atom. The average molecular weight is 393 g/mol. The van der Waals surface area contributed by atoms with E-state index in [4.69, 9.17) is 4.74 Å². The zero-order valence-corrected chi connectivity index (χ0v) is 14.4. The van der Waals surface area contributed by atoms with Gasteiger partial charge in [0.2, 0.25) is 0 Å². The summed E-state index contributed by atoms with van der Waals surface area (Å²) in [5, 5.41) is 14.0. The Balaban J connectivity index is 2.50. The summed E-state index contributed by atoms with van der Waals surface area (Å²) in [4.78, 5) is 0. The second-order valence-corrected chi connectivity index (χ2v) is 6.33. The van der Waals surface area contributed by atoms with Crippen LogP contribution in [0.1, 0.15) is 30.7 Å². The normalized spacial score (nSPS) is 12.5. The zero-order chi connectivity index (χ0) is 17.4. The van der Waals surface area contributed by atoms with Crippen LogP contribution in [0.2, 0.25) is 0 Å². The molecule has 0 aliphatic heterocycles. The molecular formula is C15H16BrF3N2O2. The fourth-order valence-corrected chi connectivity index (χ4v) is 3.15. The van der Waals surface area contributed by atoms with Gasteiger partial charge in [0.05, 0.1) is 19.3 Å². The molecule has 4 nitrogen and oxygen atoms in total. The number of hydrogen-bond donors (Lipinski definition) is 1. The van der Waals surface area contributed by atoms with Crippen LogP contribution in [0.4, 0.5) is 13.2 Å². The van der Waals surface area contributed by atoms with Gasteiger partial charge in [-0.05, 0) is 47.5 Å². The minimum absolute atomic E-state index is 0.0224. The molecular weight excluding hydrogens is 377 g/mol. The second kappa shape index (κ2) is 6.16. The lowest BCUT2D eigenvalue weighted by Gasteiger charge is -2.20. The summed E-state index contributed by atoms with van der Waals surface area (Å²) >= 11 is 3.02. The molecule has 1 aromatic heterocycles. The van der Waals surface area contributed by atoms with Crippen molar-refractivity contribution in [1.82, 2.24) is 9.78 Å². The first-order valence-corrected chi connectivity index (χ1v) is 7.52. The quantitative estimate of drug-likeness (QED) is 0.856. The molecule has 0 amide bonds. The van der Waals surface area contributed by atoms with E-state index in [1.165, 1.54) is 21.0 Å². The molecule has 2 rings (SSSR count). The first-order valence-electron chi connectivity index (χ1n) is 6.73. The van der Waals surface area contributed by atoms with Gasteiger partial charge in [-0.25, -0.2) is 0 Å². The fraction of sp³-hybridized carbons (Fsp3) is 0.400. The highest BCUT2D eigenvalue weighted by atomic mass is 79.9. The molecule has 0 spiro atoms. The monoisotopic (exact) mass is 392 g/mol. The predicted octanol–water partition coefficient (Wildman–Crippen LogP) is 3.95. The molecule has 0 unspecified atom stereocenters. The minimum atomic E-state index is -4.64. The smallest absolute Gasteiger partial charge is 0.433 e. The standard InChI is InChI=1S/C15H16BrF3N2O2/c1-14(2,22)11-12(15(17,18)19)21(20-13(11)16)8-9-4-6-10(23-3)7-5-9/h4-7,22H,8H2,1-3H3. The van der Waals surface area contributed by atoms with Gasteiger partial charge in [-0.3, -0.25) is 4.68 Å². The number of aromatic nitrogens is 2. The van der Waals surface area contributed by atoms with Crippen LogP contribution in [0, 0.1) is 0 Å². The number of halogens is 4. The van der Waals surface area contributed by atoms with Crippen LogP contribution < -0.4 is 4.74 Å². The summed E-state index contributed by atoms with van der Waals surface area (Å²) < 4.78 is 46.2. The maximum absolute atomic E-state index is 13.5. The third kappa shape index (κ3) is 3.87. The molecule has 0 aliphatic carbocycles. The molecule has 1 aromatic carbocycles.